The molecule has 0 radical (unpaired) electrons. The van der Waals surface area contributed by atoms with Crippen molar-refractivity contribution in [1.29, 1.82) is 0 Å². The maximum absolute atomic E-state index is 12.1. The van der Waals surface area contributed by atoms with Crippen molar-refractivity contribution < 1.29 is 4.79 Å². The molecule has 0 aliphatic heterocycles. The number of aromatic nitrogens is 2. The molecular formula is C16H14N4OS. The SMILES string of the molecule is C/C(=N/NC(=O)c1cc(-c2cccs2)[nH]n1)c1ccccc1. The Bertz CT molecular complexity index is 791. The molecule has 5 nitrogen and oxygen atoms in total. The van der Waals surface area contributed by atoms with Crippen LogP contribution in [-0.2, 0) is 0 Å². The number of nitrogens with one attached hydrogen (secondary N) is 2. The lowest BCUT2D eigenvalue weighted by molar-refractivity contribution is 0.0950. The summed E-state index contributed by atoms with van der Waals surface area (Å²) in [6, 6.07) is 15.3. The van der Waals surface area contributed by atoms with E-state index >= 15 is 0 Å². The van der Waals surface area contributed by atoms with Gasteiger partial charge in [-0.2, -0.15) is 10.2 Å². The van der Waals surface area contributed by atoms with Gasteiger partial charge in [0.15, 0.2) is 5.69 Å². The summed E-state index contributed by atoms with van der Waals surface area (Å²) in [5, 5.41) is 13.0. The standard InChI is InChI=1S/C16H14N4OS/c1-11(12-6-3-2-4-7-12)17-20-16(21)14-10-13(18-19-14)15-8-5-9-22-15/h2-10H,1H3,(H,18,19)(H,20,21)/b17-11-. The van der Waals surface area contributed by atoms with E-state index in [1.807, 2.05) is 54.8 Å². The first kappa shape index (κ1) is 14.2. The molecule has 1 amide bonds. The summed E-state index contributed by atoms with van der Waals surface area (Å²) in [7, 11) is 0. The number of aromatic amines is 1. The molecule has 0 unspecified atom stereocenters. The zero-order valence-corrected chi connectivity index (χ0v) is 12.7. The molecule has 2 aromatic heterocycles. The Hall–Kier alpha value is -2.73. The van der Waals surface area contributed by atoms with Crippen LogP contribution in [0.15, 0.2) is 59.0 Å². The van der Waals surface area contributed by atoms with Gasteiger partial charge in [0, 0.05) is 0 Å². The van der Waals surface area contributed by atoms with Gasteiger partial charge in [0.1, 0.15) is 0 Å². The Morgan fingerprint density at radius 2 is 2.05 bits per heavy atom. The number of amides is 1. The highest BCUT2D eigenvalue weighted by atomic mass is 32.1. The average molecular weight is 310 g/mol. The first-order valence-corrected chi connectivity index (χ1v) is 7.61. The van der Waals surface area contributed by atoms with Crippen molar-refractivity contribution in [2.75, 3.05) is 0 Å². The molecule has 22 heavy (non-hydrogen) atoms. The van der Waals surface area contributed by atoms with Crippen LogP contribution in [0.2, 0.25) is 0 Å². The van der Waals surface area contributed by atoms with Crippen molar-refractivity contribution in [3.63, 3.8) is 0 Å². The van der Waals surface area contributed by atoms with Crippen LogP contribution in [0, 0.1) is 0 Å². The number of H-pyrrole nitrogens is 1. The van der Waals surface area contributed by atoms with Crippen molar-refractivity contribution in [3.8, 4) is 10.6 Å². The van der Waals surface area contributed by atoms with Gasteiger partial charge in [-0.15, -0.1) is 11.3 Å². The van der Waals surface area contributed by atoms with Crippen LogP contribution in [0.1, 0.15) is 23.0 Å². The van der Waals surface area contributed by atoms with E-state index in [1.54, 1.807) is 17.4 Å². The molecule has 0 saturated carbocycles. The van der Waals surface area contributed by atoms with Crippen molar-refractivity contribution in [2.45, 2.75) is 6.92 Å². The van der Waals surface area contributed by atoms with E-state index in [0.717, 1.165) is 21.8 Å². The van der Waals surface area contributed by atoms with Crippen molar-refractivity contribution in [3.05, 3.63) is 65.2 Å². The number of rotatable bonds is 4. The number of carbonyl (C=O) groups excluding carboxylic acids is 1. The fourth-order valence-corrected chi connectivity index (χ4v) is 2.62. The fraction of sp³-hybridized carbons (Fsp3) is 0.0625. The van der Waals surface area contributed by atoms with Crippen LogP contribution in [-0.4, -0.2) is 21.8 Å². The summed E-state index contributed by atoms with van der Waals surface area (Å²) in [6.07, 6.45) is 0. The molecule has 0 spiro atoms. The summed E-state index contributed by atoms with van der Waals surface area (Å²) in [6.45, 7) is 1.84. The van der Waals surface area contributed by atoms with Crippen LogP contribution < -0.4 is 5.43 Å². The number of carbonyl (C=O) groups is 1. The smallest absolute Gasteiger partial charge is 0.276 e. The topological polar surface area (TPSA) is 70.1 Å². The molecular weight excluding hydrogens is 296 g/mol. The van der Waals surface area contributed by atoms with Gasteiger partial charge in [-0.3, -0.25) is 9.89 Å². The van der Waals surface area contributed by atoms with Gasteiger partial charge in [0.25, 0.3) is 5.91 Å². The molecule has 0 fully saturated rings. The van der Waals surface area contributed by atoms with Gasteiger partial charge in [0.2, 0.25) is 0 Å². The Labute approximate surface area is 131 Å². The van der Waals surface area contributed by atoms with Crippen molar-refractivity contribution in [1.82, 2.24) is 15.6 Å². The zero-order chi connectivity index (χ0) is 15.4. The number of hydrazone groups is 1. The van der Waals surface area contributed by atoms with Crippen LogP contribution in [0.4, 0.5) is 0 Å². The lowest BCUT2D eigenvalue weighted by Gasteiger charge is -2.00. The minimum absolute atomic E-state index is 0.313. The van der Waals surface area contributed by atoms with Crippen molar-refractivity contribution >= 4 is 23.0 Å². The highest BCUT2D eigenvalue weighted by Crippen LogP contribution is 2.22. The number of thiophene rings is 1. The first-order valence-electron chi connectivity index (χ1n) is 6.73. The molecule has 110 valence electrons. The van der Waals surface area contributed by atoms with Crippen LogP contribution in [0.3, 0.4) is 0 Å². The van der Waals surface area contributed by atoms with Gasteiger partial charge in [-0.1, -0.05) is 36.4 Å². The largest absolute Gasteiger partial charge is 0.291 e. The molecule has 3 rings (SSSR count). The maximum Gasteiger partial charge on any atom is 0.291 e. The average Bonchev–Trinajstić information content (AvgIpc) is 3.23. The lowest BCUT2D eigenvalue weighted by atomic mass is 10.1. The highest BCUT2D eigenvalue weighted by Gasteiger charge is 2.11. The van der Waals surface area contributed by atoms with E-state index in [2.05, 4.69) is 20.7 Å². The molecule has 0 aliphatic rings. The normalized spacial score (nSPS) is 11.4. The number of nitrogens with zero attached hydrogens (tertiary/aromatic N) is 2. The highest BCUT2D eigenvalue weighted by molar-refractivity contribution is 7.13. The second kappa shape index (κ2) is 6.36. The zero-order valence-electron chi connectivity index (χ0n) is 11.9. The lowest BCUT2D eigenvalue weighted by Crippen LogP contribution is -2.19. The Balaban J connectivity index is 1.70. The van der Waals surface area contributed by atoms with E-state index in [1.165, 1.54) is 0 Å². The monoisotopic (exact) mass is 310 g/mol. The second-order valence-corrected chi connectivity index (χ2v) is 5.60. The molecule has 1 aromatic carbocycles. The minimum Gasteiger partial charge on any atom is -0.276 e. The quantitative estimate of drug-likeness (QED) is 0.573. The molecule has 6 heteroatoms. The summed E-state index contributed by atoms with van der Waals surface area (Å²) >= 11 is 1.59. The summed E-state index contributed by atoms with van der Waals surface area (Å²) < 4.78 is 0. The summed E-state index contributed by atoms with van der Waals surface area (Å²) in [4.78, 5) is 13.1. The molecule has 0 atom stereocenters. The molecule has 0 bridgehead atoms. The Kier molecular flexibility index (Phi) is 4.11. The number of benzene rings is 1. The molecule has 0 aliphatic carbocycles. The maximum atomic E-state index is 12.1. The van der Waals surface area contributed by atoms with Crippen molar-refractivity contribution in [2.24, 2.45) is 5.10 Å². The molecule has 2 N–H and O–H groups in total. The van der Waals surface area contributed by atoms with Crippen LogP contribution in [0.25, 0.3) is 10.6 Å². The number of hydrogen-bond acceptors (Lipinski definition) is 4. The van der Waals surface area contributed by atoms with E-state index < -0.39 is 0 Å². The summed E-state index contributed by atoms with van der Waals surface area (Å²) in [5.41, 5.74) is 5.36. The van der Waals surface area contributed by atoms with Gasteiger partial charge < -0.3 is 0 Å². The Morgan fingerprint density at radius 3 is 2.77 bits per heavy atom. The molecule has 3 aromatic rings. The minimum atomic E-state index is -0.339. The second-order valence-electron chi connectivity index (χ2n) is 4.65. The van der Waals surface area contributed by atoms with E-state index in [-0.39, 0.29) is 5.91 Å². The third-order valence-electron chi connectivity index (χ3n) is 3.11. The van der Waals surface area contributed by atoms with Gasteiger partial charge in [-0.05, 0) is 30.0 Å². The third kappa shape index (κ3) is 3.12. The van der Waals surface area contributed by atoms with E-state index in [0.29, 0.717) is 5.69 Å². The molecule has 2 heterocycles. The van der Waals surface area contributed by atoms with Gasteiger partial charge in [0.05, 0.1) is 16.3 Å². The predicted molar refractivity (Wildman–Crippen MR) is 88.0 cm³/mol. The van der Waals surface area contributed by atoms with Gasteiger partial charge >= 0.3 is 0 Å². The van der Waals surface area contributed by atoms with E-state index in [4.69, 9.17) is 0 Å². The fourth-order valence-electron chi connectivity index (χ4n) is 1.93. The van der Waals surface area contributed by atoms with Crippen LogP contribution in [0.5, 0.6) is 0 Å². The van der Waals surface area contributed by atoms with Crippen LogP contribution >= 0.6 is 11.3 Å². The third-order valence-corrected chi connectivity index (χ3v) is 4.02. The predicted octanol–water partition coefficient (Wildman–Crippen LogP) is 3.29. The Morgan fingerprint density at radius 1 is 1.23 bits per heavy atom. The van der Waals surface area contributed by atoms with E-state index in [9.17, 15) is 4.79 Å². The summed E-state index contributed by atoms with van der Waals surface area (Å²) in [5.74, 6) is -0.339. The first-order chi connectivity index (χ1) is 10.7. The molecule has 0 saturated heterocycles. The number of hydrogen-bond donors (Lipinski definition) is 2. The van der Waals surface area contributed by atoms with Gasteiger partial charge in [-0.25, -0.2) is 5.43 Å².